The molecule has 0 aliphatic carbocycles. The molecule has 1 atom stereocenters. The number of carbonyl (C=O) groups is 1. The zero-order chi connectivity index (χ0) is 15.9. The third-order valence-electron chi connectivity index (χ3n) is 3.93. The first kappa shape index (κ1) is 23.5. The van der Waals surface area contributed by atoms with Crippen LogP contribution in [-0.4, -0.2) is 59.9 Å². The van der Waals surface area contributed by atoms with Gasteiger partial charge in [-0.15, -0.1) is 24.8 Å². The summed E-state index contributed by atoms with van der Waals surface area (Å²) in [4.78, 5) is 16.3. The van der Waals surface area contributed by atoms with Crippen LogP contribution in [0, 0.1) is 5.82 Å². The molecule has 138 valence electrons. The predicted molar refractivity (Wildman–Crippen MR) is 104 cm³/mol. The minimum Gasteiger partial charge on any atom is -0.339 e. The molecule has 24 heavy (non-hydrogen) atoms. The lowest BCUT2D eigenvalue weighted by atomic mass is 10.1. The lowest BCUT2D eigenvalue weighted by Gasteiger charge is -2.36. The Hall–Kier alpha value is -0.530. The molecule has 4 nitrogen and oxygen atoms in total. The number of rotatable bonds is 6. The molecular formula is C16H26Cl2FN3OS. The maximum Gasteiger partial charge on any atom is 0.239 e. The molecule has 1 aromatic carbocycles. The van der Waals surface area contributed by atoms with E-state index < -0.39 is 0 Å². The number of halogens is 3. The molecule has 1 aromatic rings. The predicted octanol–water partition coefficient (Wildman–Crippen LogP) is 2.39. The highest BCUT2D eigenvalue weighted by Gasteiger charge is 2.24. The van der Waals surface area contributed by atoms with Gasteiger partial charge < -0.3 is 10.6 Å². The van der Waals surface area contributed by atoms with Gasteiger partial charge in [0.2, 0.25) is 5.91 Å². The first-order valence-electron chi connectivity index (χ1n) is 7.60. The molecule has 1 saturated heterocycles. The summed E-state index contributed by atoms with van der Waals surface area (Å²) in [7, 11) is 0. The van der Waals surface area contributed by atoms with E-state index in [2.05, 4.69) is 4.90 Å². The van der Waals surface area contributed by atoms with Gasteiger partial charge in [-0.05, 0) is 36.1 Å². The molecule has 1 amide bonds. The van der Waals surface area contributed by atoms with Crippen molar-refractivity contribution in [1.29, 1.82) is 0 Å². The number of carbonyl (C=O) groups excluding carboxylic acids is 1. The van der Waals surface area contributed by atoms with Crippen molar-refractivity contribution in [2.45, 2.75) is 19.0 Å². The van der Waals surface area contributed by atoms with Crippen LogP contribution in [0.3, 0.4) is 0 Å². The first-order chi connectivity index (χ1) is 10.6. The van der Waals surface area contributed by atoms with Crippen molar-refractivity contribution in [2.75, 3.05) is 38.2 Å². The van der Waals surface area contributed by atoms with Crippen molar-refractivity contribution in [2.24, 2.45) is 5.73 Å². The van der Waals surface area contributed by atoms with Gasteiger partial charge in [-0.2, -0.15) is 11.8 Å². The average molecular weight is 398 g/mol. The van der Waals surface area contributed by atoms with E-state index >= 15 is 0 Å². The first-order valence-corrected chi connectivity index (χ1v) is 8.99. The number of nitrogens with two attached hydrogens (primary N) is 1. The molecule has 0 aromatic heterocycles. The largest absolute Gasteiger partial charge is 0.339 e. The molecule has 2 N–H and O–H groups in total. The fourth-order valence-electron chi connectivity index (χ4n) is 2.62. The summed E-state index contributed by atoms with van der Waals surface area (Å²) in [5.74, 6) is 0.762. The monoisotopic (exact) mass is 397 g/mol. The number of nitrogens with zero attached hydrogens (tertiary/aromatic N) is 2. The highest BCUT2D eigenvalue weighted by Crippen LogP contribution is 2.11. The second kappa shape index (κ2) is 11.9. The maximum absolute atomic E-state index is 13.2. The summed E-state index contributed by atoms with van der Waals surface area (Å²) in [5.41, 5.74) is 6.92. The van der Waals surface area contributed by atoms with Gasteiger partial charge in [0.1, 0.15) is 5.82 Å². The van der Waals surface area contributed by atoms with Crippen molar-refractivity contribution in [3.05, 3.63) is 35.6 Å². The van der Waals surface area contributed by atoms with Crippen LogP contribution in [-0.2, 0) is 11.3 Å². The van der Waals surface area contributed by atoms with Gasteiger partial charge in [0.25, 0.3) is 0 Å². The number of amides is 1. The lowest BCUT2D eigenvalue weighted by Crippen LogP contribution is -2.53. The zero-order valence-electron chi connectivity index (χ0n) is 13.8. The highest BCUT2D eigenvalue weighted by atomic mass is 35.5. The standard InChI is InChI=1S/C16H24FN3OS.2ClH/c1-22-10-5-15(18)16(21)20-8-6-19(7-9-20)12-13-3-2-4-14(17)11-13;;/h2-4,11,15H,5-10,12,18H2,1H3;2*1H/t15-;;/m0../s1. The molecule has 0 radical (unpaired) electrons. The molecule has 0 saturated carbocycles. The van der Waals surface area contributed by atoms with Gasteiger partial charge in [0, 0.05) is 32.7 Å². The van der Waals surface area contributed by atoms with E-state index in [4.69, 9.17) is 5.73 Å². The van der Waals surface area contributed by atoms with Gasteiger partial charge in [-0.1, -0.05) is 12.1 Å². The summed E-state index contributed by atoms with van der Waals surface area (Å²) in [5, 5.41) is 0. The topological polar surface area (TPSA) is 49.6 Å². The second-order valence-corrected chi connectivity index (χ2v) is 6.60. The summed E-state index contributed by atoms with van der Waals surface area (Å²) in [6.07, 6.45) is 2.74. The summed E-state index contributed by atoms with van der Waals surface area (Å²) >= 11 is 1.71. The average Bonchev–Trinajstić information content (AvgIpc) is 2.52. The number of thioether (sulfide) groups is 1. The zero-order valence-corrected chi connectivity index (χ0v) is 16.3. The van der Waals surface area contributed by atoms with Crippen LogP contribution in [0.2, 0.25) is 0 Å². The van der Waals surface area contributed by atoms with Gasteiger partial charge in [-0.25, -0.2) is 4.39 Å². The quantitative estimate of drug-likeness (QED) is 0.800. The fraction of sp³-hybridized carbons (Fsp3) is 0.562. The van der Waals surface area contributed by atoms with E-state index in [-0.39, 0.29) is 42.6 Å². The van der Waals surface area contributed by atoms with Crippen molar-refractivity contribution < 1.29 is 9.18 Å². The van der Waals surface area contributed by atoms with Crippen LogP contribution >= 0.6 is 36.6 Å². The SMILES string of the molecule is CSCC[C@H](N)C(=O)N1CCN(Cc2cccc(F)c2)CC1.Cl.Cl. The van der Waals surface area contributed by atoms with Crippen LogP contribution in [0.4, 0.5) is 4.39 Å². The van der Waals surface area contributed by atoms with E-state index in [1.54, 1.807) is 23.9 Å². The van der Waals surface area contributed by atoms with Crippen LogP contribution in [0.25, 0.3) is 0 Å². The summed E-state index contributed by atoms with van der Waals surface area (Å²) in [6.45, 7) is 3.72. The van der Waals surface area contributed by atoms with Gasteiger partial charge in [0.05, 0.1) is 6.04 Å². The van der Waals surface area contributed by atoms with Gasteiger partial charge >= 0.3 is 0 Å². The molecule has 1 fully saturated rings. The Morgan fingerprint density at radius 2 is 1.96 bits per heavy atom. The summed E-state index contributed by atoms with van der Waals surface area (Å²) in [6, 6.07) is 6.29. The van der Waals surface area contributed by atoms with Crippen LogP contribution in [0.5, 0.6) is 0 Å². The molecule has 0 unspecified atom stereocenters. The van der Waals surface area contributed by atoms with E-state index in [0.29, 0.717) is 13.1 Å². The Labute approximate surface area is 160 Å². The maximum atomic E-state index is 13.2. The van der Waals surface area contributed by atoms with Crippen molar-refractivity contribution in [3.8, 4) is 0 Å². The molecule has 1 heterocycles. The minimum atomic E-state index is -0.387. The third-order valence-corrected chi connectivity index (χ3v) is 4.57. The van der Waals surface area contributed by atoms with E-state index in [0.717, 1.165) is 37.4 Å². The third kappa shape index (κ3) is 7.15. The number of hydrogen-bond donors (Lipinski definition) is 1. The Morgan fingerprint density at radius 1 is 1.29 bits per heavy atom. The van der Waals surface area contributed by atoms with E-state index in [1.165, 1.54) is 6.07 Å². The minimum absolute atomic E-state index is 0. The number of hydrogen-bond acceptors (Lipinski definition) is 4. The fourth-order valence-corrected chi connectivity index (χ4v) is 3.11. The Kier molecular flexibility index (Phi) is 11.7. The normalized spacial score (nSPS) is 16.0. The molecule has 0 spiro atoms. The molecule has 2 rings (SSSR count). The van der Waals surface area contributed by atoms with Gasteiger partial charge in [0.15, 0.2) is 0 Å². The Morgan fingerprint density at radius 3 is 2.54 bits per heavy atom. The smallest absolute Gasteiger partial charge is 0.239 e. The molecule has 8 heteroatoms. The lowest BCUT2D eigenvalue weighted by molar-refractivity contribution is -0.134. The van der Waals surface area contributed by atoms with Crippen molar-refractivity contribution in [1.82, 2.24) is 9.80 Å². The van der Waals surface area contributed by atoms with Crippen LogP contribution in [0.1, 0.15) is 12.0 Å². The Balaban J connectivity index is 0.00000264. The Bertz CT molecular complexity index is 502. The number of piperazine rings is 1. The van der Waals surface area contributed by atoms with E-state index in [1.807, 2.05) is 17.2 Å². The summed E-state index contributed by atoms with van der Waals surface area (Å²) < 4.78 is 13.2. The molecular weight excluding hydrogens is 372 g/mol. The second-order valence-electron chi connectivity index (χ2n) is 5.62. The number of benzene rings is 1. The molecule has 1 aliphatic rings. The van der Waals surface area contributed by atoms with Crippen LogP contribution < -0.4 is 5.73 Å². The van der Waals surface area contributed by atoms with E-state index in [9.17, 15) is 9.18 Å². The van der Waals surface area contributed by atoms with Crippen LogP contribution in [0.15, 0.2) is 24.3 Å². The molecule has 0 bridgehead atoms. The van der Waals surface area contributed by atoms with Gasteiger partial charge in [-0.3, -0.25) is 9.69 Å². The van der Waals surface area contributed by atoms with Crippen molar-refractivity contribution in [3.63, 3.8) is 0 Å². The highest BCUT2D eigenvalue weighted by molar-refractivity contribution is 7.98. The molecule has 1 aliphatic heterocycles. The van der Waals surface area contributed by atoms with Crippen molar-refractivity contribution >= 4 is 42.5 Å².